The summed E-state index contributed by atoms with van der Waals surface area (Å²) in [7, 11) is 2.17. The number of rotatable bonds is 9. The Bertz CT molecular complexity index is 1600. The number of piperazine rings is 1. The van der Waals surface area contributed by atoms with Gasteiger partial charge >= 0.3 is 5.97 Å². The van der Waals surface area contributed by atoms with E-state index in [0.29, 0.717) is 11.2 Å². The van der Waals surface area contributed by atoms with Crippen molar-refractivity contribution in [2.75, 3.05) is 33.2 Å². The van der Waals surface area contributed by atoms with Crippen LogP contribution in [0.3, 0.4) is 0 Å². The number of carbonyl (C=O) groups is 2. The van der Waals surface area contributed by atoms with Gasteiger partial charge in [0.2, 0.25) is 0 Å². The first-order valence-corrected chi connectivity index (χ1v) is 14.2. The molecule has 0 radical (unpaired) electrons. The maximum atomic E-state index is 12.8. The van der Waals surface area contributed by atoms with Crippen molar-refractivity contribution in [1.82, 2.24) is 19.8 Å². The molecule has 0 unspecified atom stereocenters. The van der Waals surface area contributed by atoms with Crippen LogP contribution in [0.15, 0.2) is 67.4 Å². The third-order valence-electron chi connectivity index (χ3n) is 7.68. The Hall–Kier alpha value is -4.07. The molecule has 1 N–H and O–H groups in total. The lowest BCUT2D eigenvalue weighted by molar-refractivity contribution is -0.114. The van der Waals surface area contributed by atoms with E-state index < -0.39 is 5.97 Å². The van der Waals surface area contributed by atoms with Crippen LogP contribution in [0.4, 0.5) is 0 Å². The topological polar surface area (TPSA) is 78.5 Å². The number of benzene rings is 2. The molecule has 1 aliphatic heterocycles. The van der Waals surface area contributed by atoms with Crippen LogP contribution in [0.25, 0.3) is 33.4 Å². The quantitative estimate of drug-likeness (QED) is 0.209. The summed E-state index contributed by atoms with van der Waals surface area (Å²) < 4.78 is 5.46. The summed E-state index contributed by atoms with van der Waals surface area (Å²) in [5, 5.41) is 0.826. The lowest BCUT2D eigenvalue weighted by Crippen LogP contribution is -2.43. The van der Waals surface area contributed by atoms with Gasteiger partial charge in [0.1, 0.15) is 5.65 Å². The van der Waals surface area contributed by atoms with E-state index in [-0.39, 0.29) is 18.3 Å². The van der Waals surface area contributed by atoms with Gasteiger partial charge in [-0.1, -0.05) is 43.0 Å². The Morgan fingerprint density at radius 2 is 1.85 bits per heavy atom. The molecule has 41 heavy (non-hydrogen) atoms. The minimum atomic E-state index is -0.404. The van der Waals surface area contributed by atoms with Crippen molar-refractivity contribution in [3.8, 4) is 22.4 Å². The molecule has 7 nitrogen and oxygen atoms in total. The molecule has 0 bridgehead atoms. The lowest BCUT2D eigenvalue weighted by Gasteiger charge is -2.32. The highest BCUT2D eigenvalue weighted by Gasteiger charge is 2.21. The summed E-state index contributed by atoms with van der Waals surface area (Å²) in [6.45, 7) is 14.4. The van der Waals surface area contributed by atoms with Crippen LogP contribution in [0.5, 0.6) is 0 Å². The molecule has 0 saturated carbocycles. The first-order chi connectivity index (χ1) is 19.7. The normalized spacial score (nSPS) is 14.5. The zero-order valence-corrected chi connectivity index (χ0v) is 24.4. The van der Waals surface area contributed by atoms with Crippen molar-refractivity contribution in [3.63, 3.8) is 0 Å². The van der Waals surface area contributed by atoms with Crippen molar-refractivity contribution in [2.45, 2.75) is 39.8 Å². The highest BCUT2D eigenvalue weighted by Crippen LogP contribution is 2.39. The van der Waals surface area contributed by atoms with Crippen LogP contribution in [-0.4, -0.2) is 70.9 Å². The average Bonchev–Trinajstić information content (AvgIpc) is 3.34. The van der Waals surface area contributed by atoms with Gasteiger partial charge in [0.15, 0.2) is 5.78 Å². The first kappa shape index (κ1) is 28.5. The average molecular weight is 551 g/mol. The number of allylic oxidation sites excluding steroid dienone is 1. The Kier molecular flexibility index (Phi) is 8.47. The van der Waals surface area contributed by atoms with E-state index in [4.69, 9.17) is 4.74 Å². The van der Waals surface area contributed by atoms with Crippen LogP contribution < -0.4 is 0 Å². The number of ether oxygens (including phenoxy) is 1. The van der Waals surface area contributed by atoms with Gasteiger partial charge in [-0.05, 0) is 73.8 Å². The second-order valence-electron chi connectivity index (χ2n) is 11.2. The number of nitrogens with zero attached hydrogens (tertiary/aromatic N) is 3. The molecule has 0 spiro atoms. The molecule has 0 aliphatic carbocycles. The lowest BCUT2D eigenvalue weighted by atomic mass is 9.93. The molecule has 1 fully saturated rings. The summed E-state index contributed by atoms with van der Waals surface area (Å²) in [6.07, 6.45) is 2.98. The van der Waals surface area contributed by atoms with Crippen molar-refractivity contribution < 1.29 is 14.3 Å². The number of hydrogen-bond donors (Lipinski definition) is 1. The van der Waals surface area contributed by atoms with Gasteiger partial charge in [0.05, 0.1) is 17.4 Å². The second kappa shape index (κ2) is 12.2. The minimum Gasteiger partial charge on any atom is -0.459 e. The largest absolute Gasteiger partial charge is 0.459 e. The van der Waals surface area contributed by atoms with E-state index in [9.17, 15) is 9.59 Å². The van der Waals surface area contributed by atoms with E-state index in [1.165, 1.54) is 11.6 Å². The van der Waals surface area contributed by atoms with Crippen LogP contribution in [0.1, 0.15) is 40.9 Å². The fourth-order valence-electron chi connectivity index (χ4n) is 5.35. The monoisotopic (exact) mass is 550 g/mol. The first-order valence-electron chi connectivity index (χ1n) is 14.2. The summed E-state index contributed by atoms with van der Waals surface area (Å²) >= 11 is 0. The highest BCUT2D eigenvalue weighted by molar-refractivity contribution is 6.05. The molecule has 2 aromatic carbocycles. The van der Waals surface area contributed by atoms with Gasteiger partial charge in [-0.3, -0.25) is 9.69 Å². The van der Waals surface area contributed by atoms with Crippen molar-refractivity contribution in [1.29, 1.82) is 0 Å². The summed E-state index contributed by atoms with van der Waals surface area (Å²) in [5.74, 6) is -0.431. The molecule has 3 heterocycles. The van der Waals surface area contributed by atoms with Crippen LogP contribution in [-0.2, 0) is 22.5 Å². The predicted molar refractivity (Wildman–Crippen MR) is 164 cm³/mol. The fourth-order valence-corrected chi connectivity index (χ4v) is 5.35. The van der Waals surface area contributed by atoms with Crippen molar-refractivity contribution >= 4 is 22.8 Å². The Balaban J connectivity index is 1.62. The number of pyridine rings is 1. The Morgan fingerprint density at radius 3 is 2.59 bits per heavy atom. The van der Waals surface area contributed by atoms with Crippen LogP contribution in [0.2, 0.25) is 0 Å². The number of H-pyrrole nitrogens is 1. The van der Waals surface area contributed by atoms with Gasteiger partial charge in [-0.25, -0.2) is 9.78 Å². The third-order valence-corrected chi connectivity index (χ3v) is 7.68. The highest BCUT2D eigenvalue weighted by atomic mass is 16.5. The van der Waals surface area contributed by atoms with Crippen molar-refractivity contribution in [3.05, 3.63) is 89.6 Å². The maximum Gasteiger partial charge on any atom is 0.339 e. The zero-order chi connectivity index (χ0) is 29.1. The zero-order valence-electron chi connectivity index (χ0n) is 24.4. The van der Waals surface area contributed by atoms with Gasteiger partial charge in [-0.15, -0.1) is 0 Å². The number of ketones is 1. The molecule has 212 valence electrons. The number of carbonyl (C=O) groups excluding carboxylic acids is 2. The molecule has 0 atom stereocenters. The van der Waals surface area contributed by atoms with Crippen LogP contribution in [0, 0.1) is 6.92 Å². The maximum absolute atomic E-state index is 12.8. The van der Waals surface area contributed by atoms with E-state index in [1.54, 1.807) is 6.20 Å². The number of hydrogen-bond acceptors (Lipinski definition) is 6. The Morgan fingerprint density at radius 1 is 1.07 bits per heavy atom. The van der Waals surface area contributed by atoms with Crippen LogP contribution >= 0.6 is 0 Å². The fraction of sp³-hybridized carbons (Fsp3) is 0.324. The smallest absolute Gasteiger partial charge is 0.339 e. The number of esters is 1. The second-order valence-corrected chi connectivity index (χ2v) is 11.2. The van der Waals surface area contributed by atoms with Gasteiger partial charge in [0, 0.05) is 56.3 Å². The molecule has 0 amide bonds. The summed E-state index contributed by atoms with van der Waals surface area (Å²) in [4.78, 5) is 38.1. The SMILES string of the molecule is C=CC(=O)Cc1cc(-c2c(-c3cccc(CN4CCN(C)CC4)c3)[nH]c3ncc(C(=O)OC(C)C)cc23)ccc1C. The van der Waals surface area contributed by atoms with E-state index in [2.05, 4.69) is 69.8 Å². The number of likely N-dealkylation sites (N-methyl/N-ethyl adjacent to an activating group) is 1. The van der Waals surface area contributed by atoms with E-state index in [1.807, 2.05) is 32.9 Å². The van der Waals surface area contributed by atoms with Gasteiger partial charge < -0.3 is 14.6 Å². The molecular formula is C34H38N4O3. The minimum absolute atomic E-state index is 0.0265. The predicted octanol–water partition coefficient (Wildman–Crippen LogP) is 5.82. The molecule has 4 aromatic rings. The van der Waals surface area contributed by atoms with E-state index >= 15 is 0 Å². The number of nitrogens with one attached hydrogen (secondary N) is 1. The van der Waals surface area contributed by atoms with E-state index in [0.717, 1.165) is 71.6 Å². The molecule has 2 aromatic heterocycles. The number of aromatic amines is 1. The molecule has 5 rings (SSSR count). The van der Waals surface area contributed by atoms with Crippen molar-refractivity contribution in [2.24, 2.45) is 0 Å². The van der Waals surface area contributed by atoms with Gasteiger partial charge in [0.25, 0.3) is 0 Å². The molecular weight excluding hydrogens is 512 g/mol. The molecule has 1 saturated heterocycles. The third kappa shape index (κ3) is 6.47. The molecule has 7 heteroatoms. The molecule has 1 aliphatic rings. The summed E-state index contributed by atoms with van der Waals surface area (Å²) in [5.41, 5.74) is 8.17. The number of fused-ring (bicyclic) bond motifs is 1. The van der Waals surface area contributed by atoms with Gasteiger partial charge in [-0.2, -0.15) is 0 Å². The number of aromatic nitrogens is 2. The summed E-state index contributed by atoms with van der Waals surface area (Å²) in [6, 6.07) is 16.6. The standard InChI is InChI=1S/C34H38N4O3/c1-6-29(39)18-27-17-25(11-10-23(27)4)31-30-19-28(34(40)41-22(2)3)20-35-33(30)36-32(31)26-9-7-8-24(16-26)21-38-14-12-37(5)13-15-38/h6-11,16-17,19-20,22H,1,12-15,18,21H2,2-5H3,(H,35,36). The Labute approximate surface area is 241 Å². The number of aryl methyl sites for hydroxylation is 1.